The number of hydrogen-bond donors (Lipinski definition) is 1. The summed E-state index contributed by atoms with van der Waals surface area (Å²) in [6.07, 6.45) is 3.52. The van der Waals surface area contributed by atoms with E-state index in [9.17, 15) is 4.79 Å². The van der Waals surface area contributed by atoms with E-state index in [1.807, 2.05) is 50.2 Å². The van der Waals surface area contributed by atoms with Crippen LogP contribution in [-0.2, 0) is 4.79 Å². The molecule has 0 saturated heterocycles. The Morgan fingerprint density at radius 3 is 2.76 bits per heavy atom. The van der Waals surface area contributed by atoms with Crippen LogP contribution in [0.2, 0.25) is 0 Å². The average Bonchev–Trinajstić information content (AvgIpc) is 3.16. The van der Waals surface area contributed by atoms with Crippen LogP contribution in [-0.4, -0.2) is 28.0 Å². The number of aryl methyl sites for hydroxylation is 1. The number of benzene rings is 2. The molecule has 3 aromatic rings. The van der Waals surface area contributed by atoms with Crippen molar-refractivity contribution in [2.75, 3.05) is 11.1 Å². The minimum Gasteiger partial charge on any atom is -0.481 e. The molecule has 1 unspecified atom stereocenters. The molecule has 0 aliphatic rings. The minimum atomic E-state index is -0.635. The SMILES string of the molecule is Cc1cccc(OC(C)C(=O)Nc2nnc(SCC=Cc3ccccc3)s2)c1C. The number of thioether (sulfide) groups is 1. The van der Waals surface area contributed by atoms with Crippen LogP contribution in [0.15, 0.2) is 58.9 Å². The first-order chi connectivity index (χ1) is 14.0. The lowest BCUT2D eigenvalue weighted by Gasteiger charge is -2.16. The third-order valence-corrected chi connectivity index (χ3v) is 6.20. The predicted molar refractivity (Wildman–Crippen MR) is 121 cm³/mol. The summed E-state index contributed by atoms with van der Waals surface area (Å²) in [5.41, 5.74) is 3.32. The normalized spacial score (nSPS) is 12.1. The number of hydrogen-bond acceptors (Lipinski definition) is 6. The summed E-state index contributed by atoms with van der Waals surface area (Å²) in [7, 11) is 0. The number of carbonyl (C=O) groups is 1. The number of rotatable bonds is 8. The van der Waals surface area contributed by atoms with Gasteiger partial charge >= 0.3 is 0 Å². The number of nitrogens with zero attached hydrogens (tertiary/aromatic N) is 2. The molecular weight excluding hydrogens is 402 g/mol. The minimum absolute atomic E-state index is 0.248. The van der Waals surface area contributed by atoms with Gasteiger partial charge in [-0.15, -0.1) is 10.2 Å². The summed E-state index contributed by atoms with van der Waals surface area (Å²) in [4.78, 5) is 12.4. The Balaban J connectivity index is 1.49. The molecule has 0 saturated carbocycles. The van der Waals surface area contributed by atoms with Gasteiger partial charge in [-0.05, 0) is 43.5 Å². The Hall–Kier alpha value is -2.64. The molecule has 5 nitrogen and oxygen atoms in total. The van der Waals surface area contributed by atoms with Crippen molar-refractivity contribution in [1.82, 2.24) is 10.2 Å². The zero-order valence-electron chi connectivity index (χ0n) is 16.6. The van der Waals surface area contributed by atoms with E-state index in [1.165, 1.54) is 11.3 Å². The molecule has 1 N–H and O–H groups in total. The number of ether oxygens (including phenoxy) is 1. The topological polar surface area (TPSA) is 64.1 Å². The summed E-state index contributed by atoms with van der Waals surface area (Å²) in [5, 5.41) is 11.4. The summed E-state index contributed by atoms with van der Waals surface area (Å²) < 4.78 is 6.62. The van der Waals surface area contributed by atoms with Crippen LogP contribution in [0.4, 0.5) is 5.13 Å². The third kappa shape index (κ3) is 6.17. The maximum Gasteiger partial charge on any atom is 0.266 e. The second-order valence-electron chi connectivity index (χ2n) is 6.44. The van der Waals surface area contributed by atoms with Gasteiger partial charge < -0.3 is 4.74 Å². The molecule has 0 bridgehead atoms. The Morgan fingerprint density at radius 1 is 1.17 bits per heavy atom. The van der Waals surface area contributed by atoms with E-state index in [4.69, 9.17) is 4.74 Å². The maximum absolute atomic E-state index is 12.4. The highest BCUT2D eigenvalue weighted by Gasteiger charge is 2.18. The molecule has 150 valence electrons. The standard InChI is InChI=1S/C22H23N3O2S2/c1-15-9-7-13-19(16(15)2)27-17(3)20(26)23-21-24-25-22(29-21)28-14-8-12-18-10-5-4-6-11-18/h4-13,17H,14H2,1-3H3,(H,23,24,26). The van der Waals surface area contributed by atoms with Gasteiger partial charge in [-0.1, -0.05) is 77.7 Å². The summed E-state index contributed by atoms with van der Waals surface area (Å²) >= 11 is 2.93. The van der Waals surface area contributed by atoms with Crippen molar-refractivity contribution >= 4 is 40.2 Å². The zero-order chi connectivity index (χ0) is 20.6. The fourth-order valence-corrected chi connectivity index (χ4v) is 4.08. The van der Waals surface area contributed by atoms with E-state index < -0.39 is 6.10 Å². The fraction of sp³-hybridized carbons (Fsp3) is 0.227. The molecule has 29 heavy (non-hydrogen) atoms. The number of amides is 1. The van der Waals surface area contributed by atoms with Crippen LogP contribution in [0.1, 0.15) is 23.6 Å². The van der Waals surface area contributed by atoms with Crippen molar-refractivity contribution in [1.29, 1.82) is 0 Å². The van der Waals surface area contributed by atoms with Crippen LogP contribution in [0.5, 0.6) is 5.75 Å². The van der Waals surface area contributed by atoms with Gasteiger partial charge in [0, 0.05) is 5.75 Å². The Kier molecular flexibility index (Phi) is 7.43. The Morgan fingerprint density at radius 2 is 1.97 bits per heavy atom. The van der Waals surface area contributed by atoms with Gasteiger partial charge in [0.2, 0.25) is 5.13 Å². The molecule has 0 aliphatic carbocycles. The molecular formula is C22H23N3O2S2. The fourth-order valence-electron chi connectivity index (χ4n) is 2.49. The van der Waals surface area contributed by atoms with Crippen molar-refractivity contribution in [3.63, 3.8) is 0 Å². The molecule has 3 rings (SSSR count). The third-order valence-electron chi connectivity index (χ3n) is 4.28. The van der Waals surface area contributed by atoms with Gasteiger partial charge in [0.1, 0.15) is 5.75 Å². The van der Waals surface area contributed by atoms with Crippen molar-refractivity contribution in [3.8, 4) is 5.75 Å². The summed E-state index contributed by atoms with van der Waals surface area (Å²) in [5.74, 6) is 1.25. The van der Waals surface area contributed by atoms with E-state index in [0.29, 0.717) is 10.9 Å². The number of carbonyl (C=O) groups excluding carboxylic acids is 1. The van der Waals surface area contributed by atoms with Crippen molar-refractivity contribution in [3.05, 3.63) is 71.3 Å². The van der Waals surface area contributed by atoms with E-state index in [-0.39, 0.29) is 5.91 Å². The highest BCUT2D eigenvalue weighted by Crippen LogP contribution is 2.26. The Bertz CT molecular complexity index is 987. The predicted octanol–water partition coefficient (Wildman–Crippen LogP) is 5.37. The number of aromatic nitrogens is 2. The average molecular weight is 426 g/mol. The van der Waals surface area contributed by atoms with E-state index in [0.717, 1.165) is 26.8 Å². The van der Waals surface area contributed by atoms with Crippen molar-refractivity contribution < 1.29 is 9.53 Å². The van der Waals surface area contributed by atoms with Crippen LogP contribution in [0.25, 0.3) is 6.08 Å². The zero-order valence-corrected chi connectivity index (χ0v) is 18.2. The monoisotopic (exact) mass is 425 g/mol. The second-order valence-corrected chi connectivity index (χ2v) is 8.69. The molecule has 1 aromatic heterocycles. The van der Waals surface area contributed by atoms with Gasteiger partial charge in [0.25, 0.3) is 5.91 Å². The molecule has 0 fully saturated rings. The quantitative estimate of drug-likeness (QED) is 0.388. The molecule has 2 aromatic carbocycles. The van der Waals surface area contributed by atoms with Crippen LogP contribution in [0.3, 0.4) is 0 Å². The molecule has 1 heterocycles. The maximum atomic E-state index is 12.4. The lowest BCUT2D eigenvalue weighted by atomic mass is 10.1. The lowest BCUT2D eigenvalue weighted by Crippen LogP contribution is -2.30. The van der Waals surface area contributed by atoms with Gasteiger partial charge in [-0.2, -0.15) is 0 Å². The molecule has 7 heteroatoms. The van der Waals surface area contributed by atoms with Crippen LogP contribution in [0, 0.1) is 13.8 Å². The number of anilines is 1. The van der Waals surface area contributed by atoms with E-state index in [1.54, 1.807) is 18.7 Å². The van der Waals surface area contributed by atoms with E-state index >= 15 is 0 Å². The molecule has 1 atom stereocenters. The van der Waals surface area contributed by atoms with E-state index in [2.05, 4.69) is 39.8 Å². The lowest BCUT2D eigenvalue weighted by molar-refractivity contribution is -0.122. The highest BCUT2D eigenvalue weighted by atomic mass is 32.2. The molecule has 1 amide bonds. The van der Waals surface area contributed by atoms with Crippen molar-refractivity contribution in [2.24, 2.45) is 0 Å². The van der Waals surface area contributed by atoms with Gasteiger partial charge in [-0.3, -0.25) is 10.1 Å². The largest absolute Gasteiger partial charge is 0.481 e. The summed E-state index contributed by atoms with van der Waals surface area (Å²) in [6.45, 7) is 5.72. The second kappa shape index (κ2) is 10.2. The first-order valence-corrected chi connectivity index (χ1v) is 11.0. The van der Waals surface area contributed by atoms with Gasteiger partial charge in [0.15, 0.2) is 10.4 Å². The van der Waals surface area contributed by atoms with Gasteiger partial charge in [-0.25, -0.2) is 0 Å². The smallest absolute Gasteiger partial charge is 0.266 e. The summed E-state index contributed by atoms with van der Waals surface area (Å²) in [6, 6.07) is 15.9. The molecule has 0 radical (unpaired) electrons. The van der Waals surface area contributed by atoms with Crippen LogP contribution >= 0.6 is 23.1 Å². The highest BCUT2D eigenvalue weighted by molar-refractivity contribution is 8.01. The Labute approximate surface area is 179 Å². The number of nitrogens with one attached hydrogen (secondary N) is 1. The first kappa shape index (κ1) is 21.1. The van der Waals surface area contributed by atoms with Gasteiger partial charge in [0.05, 0.1) is 0 Å². The van der Waals surface area contributed by atoms with Crippen molar-refractivity contribution in [2.45, 2.75) is 31.2 Å². The first-order valence-electron chi connectivity index (χ1n) is 9.24. The molecule has 0 aliphatic heterocycles. The molecule has 0 spiro atoms. The van der Waals surface area contributed by atoms with Crippen LogP contribution < -0.4 is 10.1 Å².